The van der Waals surface area contributed by atoms with E-state index < -0.39 is 4.92 Å². The molecule has 0 atom stereocenters. The molecule has 2 aromatic carbocycles. The molecule has 21 heavy (non-hydrogen) atoms. The first-order valence-electron chi connectivity index (χ1n) is 6.21. The number of hydrogen-bond donors (Lipinski definition) is 0. The molecule has 5 heteroatoms. The van der Waals surface area contributed by atoms with Gasteiger partial charge in [0, 0.05) is 12.1 Å². The van der Waals surface area contributed by atoms with Gasteiger partial charge in [-0.25, -0.2) is 4.79 Å². The van der Waals surface area contributed by atoms with E-state index in [1.807, 2.05) is 6.08 Å². The summed E-state index contributed by atoms with van der Waals surface area (Å²) >= 11 is 0. The van der Waals surface area contributed by atoms with E-state index in [0.29, 0.717) is 5.56 Å². The number of benzene rings is 2. The first-order valence-corrected chi connectivity index (χ1v) is 6.21. The van der Waals surface area contributed by atoms with E-state index in [-0.39, 0.29) is 11.7 Å². The molecular formula is C16H13NO4. The second-order valence-corrected chi connectivity index (χ2v) is 4.30. The topological polar surface area (TPSA) is 69.4 Å². The molecule has 2 rings (SSSR count). The molecule has 0 spiro atoms. The summed E-state index contributed by atoms with van der Waals surface area (Å²) in [6.45, 7) is 0. The van der Waals surface area contributed by atoms with Crippen LogP contribution in [-0.2, 0) is 4.74 Å². The van der Waals surface area contributed by atoms with Crippen LogP contribution < -0.4 is 0 Å². The molecule has 0 unspecified atom stereocenters. The Bertz CT molecular complexity index is 690. The highest BCUT2D eigenvalue weighted by molar-refractivity contribution is 5.89. The monoisotopic (exact) mass is 283 g/mol. The fraction of sp³-hybridized carbons (Fsp3) is 0.0625. The number of carbonyl (C=O) groups is 1. The molecule has 0 amide bonds. The van der Waals surface area contributed by atoms with E-state index in [4.69, 9.17) is 0 Å². The van der Waals surface area contributed by atoms with Crippen LogP contribution in [-0.4, -0.2) is 18.0 Å². The molecule has 0 aliphatic heterocycles. The number of rotatable bonds is 4. The van der Waals surface area contributed by atoms with E-state index in [1.54, 1.807) is 42.5 Å². The largest absolute Gasteiger partial charge is 0.465 e. The van der Waals surface area contributed by atoms with Crippen molar-refractivity contribution in [1.82, 2.24) is 0 Å². The first kappa shape index (κ1) is 14.5. The van der Waals surface area contributed by atoms with Crippen molar-refractivity contribution in [3.8, 4) is 0 Å². The number of carbonyl (C=O) groups excluding carboxylic acids is 1. The van der Waals surface area contributed by atoms with Crippen LogP contribution in [0.25, 0.3) is 12.2 Å². The Labute approximate surface area is 121 Å². The lowest BCUT2D eigenvalue weighted by atomic mass is 10.1. The lowest BCUT2D eigenvalue weighted by Gasteiger charge is -1.99. The Morgan fingerprint density at radius 2 is 1.76 bits per heavy atom. The minimum Gasteiger partial charge on any atom is -0.465 e. The third kappa shape index (κ3) is 3.76. The first-order chi connectivity index (χ1) is 10.1. The SMILES string of the molecule is COC(=O)c1ccc(/C=C/c2cccc([N+](=O)[O-])c2)cc1. The van der Waals surface area contributed by atoms with Gasteiger partial charge >= 0.3 is 5.97 Å². The van der Waals surface area contributed by atoms with Gasteiger partial charge in [0.05, 0.1) is 17.6 Å². The molecule has 0 aromatic heterocycles. The third-order valence-electron chi connectivity index (χ3n) is 2.88. The summed E-state index contributed by atoms with van der Waals surface area (Å²) in [6, 6.07) is 13.3. The average molecular weight is 283 g/mol. The van der Waals surface area contributed by atoms with Gasteiger partial charge in [-0.2, -0.15) is 0 Å². The molecule has 0 heterocycles. The molecule has 0 fully saturated rings. The number of nitro groups is 1. The number of methoxy groups -OCH3 is 1. The normalized spacial score (nSPS) is 10.5. The minimum atomic E-state index is -0.428. The standard InChI is InChI=1S/C16H13NO4/c1-21-16(18)14-9-7-12(8-10-14)5-6-13-3-2-4-15(11-13)17(19)20/h2-11H,1H3/b6-5+. The molecule has 5 nitrogen and oxygen atoms in total. The second-order valence-electron chi connectivity index (χ2n) is 4.30. The highest BCUT2D eigenvalue weighted by Gasteiger charge is 2.04. The van der Waals surface area contributed by atoms with Crippen molar-refractivity contribution in [2.75, 3.05) is 7.11 Å². The van der Waals surface area contributed by atoms with Gasteiger partial charge in [-0.1, -0.05) is 36.4 Å². The van der Waals surface area contributed by atoms with Crippen LogP contribution in [0.15, 0.2) is 48.5 Å². The molecule has 0 radical (unpaired) electrons. The Kier molecular flexibility index (Phi) is 4.46. The summed E-state index contributed by atoms with van der Waals surface area (Å²) in [7, 11) is 1.33. The van der Waals surface area contributed by atoms with Gasteiger partial charge in [-0.3, -0.25) is 10.1 Å². The smallest absolute Gasteiger partial charge is 0.337 e. The van der Waals surface area contributed by atoms with Crippen LogP contribution >= 0.6 is 0 Å². The molecule has 0 saturated carbocycles. The Morgan fingerprint density at radius 1 is 1.10 bits per heavy atom. The highest BCUT2D eigenvalue weighted by Crippen LogP contribution is 2.16. The molecule has 2 aromatic rings. The maximum atomic E-state index is 11.3. The van der Waals surface area contributed by atoms with Gasteiger partial charge in [-0.05, 0) is 23.3 Å². The summed E-state index contributed by atoms with van der Waals surface area (Å²) in [4.78, 5) is 21.6. The van der Waals surface area contributed by atoms with Gasteiger partial charge in [0.25, 0.3) is 5.69 Å². The molecule has 106 valence electrons. The zero-order valence-electron chi connectivity index (χ0n) is 11.4. The number of non-ortho nitro benzene ring substituents is 1. The molecule has 0 aliphatic rings. The van der Waals surface area contributed by atoms with Crippen molar-refractivity contribution < 1.29 is 14.5 Å². The maximum absolute atomic E-state index is 11.3. The predicted octanol–water partition coefficient (Wildman–Crippen LogP) is 3.55. The van der Waals surface area contributed by atoms with Gasteiger partial charge < -0.3 is 4.74 Å². The summed E-state index contributed by atoms with van der Waals surface area (Å²) in [6.07, 6.45) is 3.60. The number of nitrogens with zero attached hydrogens (tertiary/aromatic N) is 1. The fourth-order valence-electron chi connectivity index (χ4n) is 1.78. The average Bonchev–Trinajstić information content (AvgIpc) is 2.53. The van der Waals surface area contributed by atoms with E-state index >= 15 is 0 Å². The number of esters is 1. The fourth-order valence-corrected chi connectivity index (χ4v) is 1.78. The summed E-state index contributed by atoms with van der Waals surface area (Å²) in [5.41, 5.74) is 2.15. The minimum absolute atomic E-state index is 0.0539. The van der Waals surface area contributed by atoms with Gasteiger partial charge in [0.2, 0.25) is 0 Å². The lowest BCUT2D eigenvalue weighted by Crippen LogP contribution is -2.00. The van der Waals surface area contributed by atoms with Gasteiger partial charge in [-0.15, -0.1) is 0 Å². The Hall–Kier alpha value is -2.95. The Balaban J connectivity index is 2.16. The maximum Gasteiger partial charge on any atom is 0.337 e. The quantitative estimate of drug-likeness (QED) is 0.372. The highest BCUT2D eigenvalue weighted by atomic mass is 16.6. The number of hydrogen-bond acceptors (Lipinski definition) is 4. The third-order valence-corrected chi connectivity index (χ3v) is 2.88. The van der Waals surface area contributed by atoms with Crippen molar-refractivity contribution in [2.24, 2.45) is 0 Å². The van der Waals surface area contributed by atoms with Crippen molar-refractivity contribution in [3.05, 3.63) is 75.3 Å². The zero-order valence-corrected chi connectivity index (χ0v) is 11.4. The van der Waals surface area contributed by atoms with E-state index in [0.717, 1.165) is 11.1 Å². The molecule has 0 bridgehead atoms. The van der Waals surface area contributed by atoms with Crippen LogP contribution in [0.5, 0.6) is 0 Å². The van der Waals surface area contributed by atoms with E-state index in [9.17, 15) is 14.9 Å². The van der Waals surface area contributed by atoms with Crippen LogP contribution in [0, 0.1) is 10.1 Å². The second kappa shape index (κ2) is 6.47. The summed E-state index contributed by atoms with van der Waals surface area (Å²) < 4.78 is 4.62. The van der Waals surface area contributed by atoms with Crippen molar-refractivity contribution in [1.29, 1.82) is 0 Å². The zero-order chi connectivity index (χ0) is 15.2. The molecule has 0 saturated heterocycles. The van der Waals surface area contributed by atoms with Crippen LogP contribution in [0.4, 0.5) is 5.69 Å². The number of ether oxygens (including phenoxy) is 1. The number of nitro benzene ring substituents is 1. The van der Waals surface area contributed by atoms with Crippen molar-refractivity contribution >= 4 is 23.8 Å². The molecular weight excluding hydrogens is 270 g/mol. The Morgan fingerprint density at radius 3 is 2.38 bits per heavy atom. The van der Waals surface area contributed by atoms with Crippen LogP contribution in [0.3, 0.4) is 0 Å². The van der Waals surface area contributed by atoms with Gasteiger partial charge in [0.15, 0.2) is 0 Å². The van der Waals surface area contributed by atoms with Crippen molar-refractivity contribution in [3.63, 3.8) is 0 Å². The summed E-state index contributed by atoms with van der Waals surface area (Å²) in [5.74, 6) is -0.385. The lowest BCUT2D eigenvalue weighted by molar-refractivity contribution is -0.384. The van der Waals surface area contributed by atoms with Crippen LogP contribution in [0.1, 0.15) is 21.5 Å². The summed E-state index contributed by atoms with van der Waals surface area (Å²) in [5, 5.41) is 10.7. The van der Waals surface area contributed by atoms with Gasteiger partial charge in [0.1, 0.15) is 0 Å². The molecule has 0 N–H and O–H groups in total. The molecule has 0 aliphatic carbocycles. The van der Waals surface area contributed by atoms with E-state index in [1.165, 1.54) is 19.2 Å². The predicted molar refractivity (Wildman–Crippen MR) is 79.8 cm³/mol. The van der Waals surface area contributed by atoms with Crippen molar-refractivity contribution in [2.45, 2.75) is 0 Å². The van der Waals surface area contributed by atoms with E-state index in [2.05, 4.69) is 4.74 Å². The van der Waals surface area contributed by atoms with Crippen LogP contribution in [0.2, 0.25) is 0 Å².